The molecule has 0 amide bonds. The first-order chi connectivity index (χ1) is 20.8. The summed E-state index contributed by atoms with van der Waals surface area (Å²) in [7, 11) is 0. The molecule has 4 aromatic carbocycles. The highest BCUT2D eigenvalue weighted by atomic mass is 14.9. The van der Waals surface area contributed by atoms with E-state index in [2.05, 4.69) is 64.6 Å². The van der Waals surface area contributed by atoms with Crippen LogP contribution in [0.2, 0.25) is 0 Å². The Hall–Kier alpha value is -5.88. The second-order valence-electron chi connectivity index (χ2n) is 10.0. The molecule has 0 spiro atoms. The topological polar surface area (TPSA) is 77.3 Å². The van der Waals surface area contributed by atoms with Crippen molar-refractivity contribution < 1.29 is 0 Å². The highest BCUT2D eigenvalue weighted by Gasteiger charge is 2.14. The third kappa shape index (κ3) is 4.22. The smallest absolute Gasteiger partial charge is 0.178 e. The van der Waals surface area contributed by atoms with Crippen molar-refractivity contribution in [3.63, 3.8) is 0 Å². The molecule has 4 aromatic heterocycles. The minimum absolute atomic E-state index is 0.590. The number of fused-ring (bicyclic) bond motifs is 4. The van der Waals surface area contributed by atoms with Gasteiger partial charge in [-0.05, 0) is 30.3 Å². The molecule has 0 saturated heterocycles. The van der Waals surface area contributed by atoms with E-state index in [-0.39, 0.29) is 0 Å². The van der Waals surface area contributed by atoms with Crippen molar-refractivity contribution in [2.75, 3.05) is 0 Å². The maximum atomic E-state index is 5.13. The fourth-order valence-electron chi connectivity index (χ4n) is 5.32. The molecular weight excluding hydrogens is 516 g/mol. The summed E-state index contributed by atoms with van der Waals surface area (Å²) < 4.78 is 0. The van der Waals surface area contributed by atoms with Gasteiger partial charge in [0, 0.05) is 45.2 Å². The summed E-state index contributed by atoms with van der Waals surface area (Å²) in [5.41, 5.74) is 8.03. The molecule has 8 aromatic rings. The van der Waals surface area contributed by atoms with Crippen LogP contribution in [0.25, 0.3) is 78.1 Å². The van der Waals surface area contributed by atoms with Gasteiger partial charge in [0.1, 0.15) is 5.69 Å². The second kappa shape index (κ2) is 9.94. The summed E-state index contributed by atoms with van der Waals surface area (Å²) in [4.78, 5) is 28.8. The zero-order valence-electron chi connectivity index (χ0n) is 22.4. The van der Waals surface area contributed by atoms with E-state index >= 15 is 0 Å². The molecule has 196 valence electrons. The normalized spacial score (nSPS) is 11.3. The maximum absolute atomic E-state index is 5.13. The van der Waals surface area contributed by atoms with Gasteiger partial charge in [0.05, 0.1) is 27.9 Å². The standard InChI is InChI=1S/C36H22N6/c1-2-8-25(9-3-1)35-41-30-13-5-4-12-28(30)32(42-35)27-11-6-10-26(22-27)29-18-16-23-14-15-24-17-19-31(36-37-20-7-21-38-36)40-34(24)33(23)39-29/h1-22H. The van der Waals surface area contributed by atoms with E-state index in [1.807, 2.05) is 60.7 Å². The number of rotatable bonds is 4. The fraction of sp³-hybridized carbons (Fsp3) is 0. The van der Waals surface area contributed by atoms with Crippen LogP contribution < -0.4 is 0 Å². The lowest BCUT2D eigenvalue weighted by Crippen LogP contribution is -1.95. The van der Waals surface area contributed by atoms with Gasteiger partial charge in [0.15, 0.2) is 11.6 Å². The molecule has 0 aliphatic carbocycles. The Morgan fingerprint density at radius 2 is 1.05 bits per heavy atom. The first kappa shape index (κ1) is 24.0. The molecule has 42 heavy (non-hydrogen) atoms. The van der Waals surface area contributed by atoms with E-state index in [1.165, 1.54) is 0 Å². The molecule has 0 bridgehead atoms. The van der Waals surface area contributed by atoms with Gasteiger partial charge < -0.3 is 0 Å². The molecule has 4 heterocycles. The quantitative estimate of drug-likeness (QED) is 0.210. The Morgan fingerprint density at radius 1 is 0.405 bits per heavy atom. The Morgan fingerprint density at radius 3 is 1.86 bits per heavy atom. The first-order valence-electron chi connectivity index (χ1n) is 13.7. The van der Waals surface area contributed by atoms with E-state index in [9.17, 15) is 0 Å². The minimum atomic E-state index is 0.590. The number of hydrogen-bond donors (Lipinski definition) is 0. The zero-order chi connectivity index (χ0) is 27.9. The molecule has 0 unspecified atom stereocenters. The Balaban J connectivity index is 1.28. The summed E-state index contributed by atoms with van der Waals surface area (Å²) in [5.74, 6) is 1.29. The number of nitrogens with zero attached hydrogens (tertiary/aromatic N) is 6. The average Bonchev–Trinajstić information content (AvgIpc) is 3.08. The predicted octanol–water partition coefficient (Wildman–Crippen LogP) is 8.18. The Kier molecular flexibility index (Phi) is 5.67. The molecule has 6 heteroatoms. The highest BCUT2D eigenvalue weighted by Crippen LogP contribution is 2.33. The van der Waals surface area contributed by atoms with Gasteiger partial charge in [-0.3, -0.25) is 0 Å². The molecule has 0 N–H and O–H groups in total. The third-order valence-electron chi connectivity index (χ3n) is 7.38. The third-order valence-corrected chi connectivity index (χ3v) is 7.38. The van der Waals surface area contributed by atoms with Crippen molar-refractivity contribution in [2.24, 2.45) is 0 Å². The van der Waals surface area contributed by atoms with E-state index in [0.29, 0.717) is 11.6 Å². The average molecular weight is 539 g/mol. The van der Waals surface area contributed by atoms with Gasteiger partial charge in [-0.25, -0.2) is 29.9 Å². The Labute approximate surface area is 241 Å². The minimum Gasteiger partial charge on any atom is -0.245 e. The van der Waals surface area contributed by atoms with Gasteiger partial charge in [-0.15, -0.1) is 0 Å². The molecule has 0 atom stereocenters. The van der Waals surface area contributed by atoms with Crippen LogP contribution in [0.15, 0.2) is 134 Å². The van der Waals surface area contributed by atoms with Crippen LogP contribution in [0.5, 0.6) is 0 Å². The fourth-order valence-corrected chi connectivity index (χ4v) is 5.32. The number of aromatic nitrogens is 6. The van der Waals surface area contributed by atoms with E-state index in [1.54, 1.807) is 18.5 Å². The molecular formula is C36H22N6. The summed E-state index contributed by atoms with van der Waals surface area (Å²) in [6, 6.07) is 40.8. The Bertz CT molecular complexity index is 2250. The van der Waals surface area contributed by atoms with Crippen molar-refractivity contribution in [1.29, 1.82) is 0 Å². The lowest BCUT2D eigenvalue weighted by molar-refractivity contribution is 1.15. The van der Waals surface area contributed by atoms with Gasteiger partial charge in [-0.1, -0.05) is 91.0 Å². The zero-order valence-corrected chi connectivity index (χ0v) is 22.4. The lowest BCUT2D eigenvalue weighted by atomic mass is 10.0. The van der Waals surface area contributed by atoms with Crippen molar-refractivity contribution in [3.05, 3.63) is 134 Å². The van der Waals surface area contributed by atoms with Crippen LogP contribution >= 0.6 is 0 Å². The molecule has 0 saturated carbocycles. The molecule has 8 rings (SSSR count). The molecule has 0 radical (unpaired) electrons. The SMILES string of the molecule is c1ccc(-c2nc(-c3cccc(-c4ccc5ccc6ccc(-c7ncccn7)nc6c5n4)c3)c3ccccc3n2)cc1. The van der Waals surface area contributed by atoms with Crippen molar-refractivity contribution >= 4 is 32.7 Å². The number of benzene rings is 4. The van der Waals surface area contributed by atoms with Gasteiger partial charge >= 0.3 is 0 Å². The van der Waals surface area contributed by atoms with E-state index in [4.69, 9.17) is 19.9 Å². The summed E-state index contributed by atoms with van der Waals surface area (Å²) in [6.45, 7) is 0. The van der Waals surface area contributed by atoms with Crippen LogP contribution in [0.3, 0.4) is 0 Å². The molecule has 0 aliphatic heterocycles. The van der Waals surface area contributed by atoms with Crippen molar-refractivity contribution in [3.8, 4) is 45.4 Å². The number of para-hydroxylation sites is 1. The van der Waals surface area contributed by atoms with Crippen LogP contribution in [-0.4, -0.2) is 29.9 Å². The van der Waals surface area contributed by atoms with Crippen molar-refractivity contribution in [1.82, 2.24) is 29.9 Å². The van der Waals surface area contributed by atoms with Crippen LogP contribution in [0.1, 0.15) is 0 Å². The molecule has 0 aliphatic rings. The van der Waals surface area contributed by atoms with Gasteiger partial charge in [-0.2, -0.15) is 0 Å². The van der Waals surface area contributed by atoms with Crippen LogP contribution in [-0.2, 0) is 0 Å². The predicted molar refractivity (Wildman–Crippen MR) is 167 cm³/mol. The number of hydrogen-bond acceptors (Lipinski definition) is 6. The van der Waals surface area contributed by atoms with Crippen LogP contribution in [0.4, 0.5) is 0 Å². The monoisotopic (exact) mass is 538 g/mol. The second-order valence-corrected chi connectivity index (χ2v) is 10.0. The summed E-state index contributed by atoms with van der Waals surface area (Å²) in [5, 5.41) is 3.04. The van der Waals surface area contributed by atoms with E-state index in [0.717, 1.165) is 66.5 Å². The largest absolute Gasteiger partial charge is 0.245 e. The first-order valence-corrected chi connectivity index (χ1v) is 13.7. The van der Waals surface area contributed by atoms with Crippen LogP contribution in [0, 0.1) is 0 Å². The van der Waals surface area contributed by atoms with Gasteiger partial charge in [0.2, 0.25) is 0 Å². The summed E-state index contributed by atoms with van der Waals surface area (Å²) in [6.07, 6.45) is 3.45. The maximum Gasteiger partial charge on any atom is 0.178 e. The van der Waals surface area contributed by atoms with E-state index < -0.39 is 0 Å². The highest BCUT2D eigenvalue weighted by molar-refractivity contribution is 6.04. The van der Waals surface area contributed by atoms with Gasteiger partial charge in [0.25, 0.3) is 0 Å². The molecule has 0 fully saturated rings. The lowest BCUT2D eigenvalue weighted by Gasteiger charge is -2.11. The number of pyridine rings is 2. The van der Waals surface area contributed by atoms with Crippen molar-refractivity contribution in [2.45, 2.75) is 0 Å². The molecule has 6 nitrogen and oxygen atoms in total. The summed E-state index contributed by atoms with van der Waals surface area (Å²) >= 11 is 0.